The summed E-state index contributed by atoms with van der Waals surface area (Å²) in [7, 11) is 0. The molecular formula is C24H33N7O7S. The van der Waals surface area contributed by atoms with E-state index in [9.17, 15) is 33.9 Å². The second-order valence-corrected chi connectivity index (χ2v) is 9.80. The van der Waals surface area contributed by atoms with Gasteiger partial charge < -0.3 is 43.2 Å². The van der Waals surface area contributed by atoms with Gasteiger partial charge in [-0.05, 0) is 30.1 Å². The van der Waals surface area contributed by atoms with Crippen LogP contribution >= 0.6 is 11.8 Å². The standard InChI is InChI=1S/C24H33N7O7S/c1-39-7-6-14(25)21(34)29-17(9-19(26)32)23(36)30-16(22(35)31-18(24(37)38)10-20(27)33)8-12-11-28-15-5-3-2-4-13(12)15/h2-5,11,14,16-18,28H,6-10,25H2,1H3,(H2,26,32)(H2,27,33)(H,29,34)(H,30,36)(H,31,35)(H,37,38). The van der Waals surface area contributed by atoms with Gasteiger partial charge in [-0.2, -0.15) is 11.8 Å². The number of hydrogen-bond donors (Lipinski definition) is 8. The summed E-state index contributed by atoms with van der Waals surface area (Å²) in [4.78, 5) is 76.5. The molecule has 11 N–H and O–H groups in total. The van der Waals surface area contributed by atoms with Gasteiger partial charge in [-0.1, -0.05) is 18.2 Å². The lowest BCUT2D eigenvalue weighted by Gasteiger charge is -2.24. The van der Waals surface area contributed by atoms with Gasteiger partial charge in [0, 0.05) is 23.5 Å². The highest BCUT2D eigenvalue weighted by Crippen LogP contribution is 2.19. The summed E-state index contributed by atoms with van der Waals surface area (Å²) >= 11 is 1.48. The van der Waals surface area contributed by atoms with Crippen molar-refractivity contribution in [2.45, 2.75) is 49.9 Å². The molecule has 1 aromatic heterocycles. The number of H-pyrrole nitrogens is 1. The molecule has 4 atom stereocenters. The summed E-state index contributed by atoms with van der Waals surface area (Å²) in [5, 5.41) is 17.2. The van der Waals surface area contributed by atoms with Crippen molar-refractivity contribution in [2.75, 3.05) is 12.0 Å². The third-order valence-corrected chi connectivity index (χ3v) is 6.40. The molecule has 0 aliphatic rings. The first-order valence-electron chi connectivity index (χ1n) is 11.9. The van der Waals surface area contributed by atoms with Gasteiger partial charge in [-0.15, -0.1) is 0 Å². The van der Waals surface area contributed by atoms with Crippen LogP contribution in [0.5, 0.6) is 0 Å². The van der Waals surface area contributed by atoms with Crippen LogP contribution in [0.25, 0.3) is 10.9 Å². The largest absolute Gasteiger partial charge is 0.480 e. The van der Waals surface area contributed by atoms with Crippen LogP contribution in [-0.2, 0) is 35.2 Å². The first-order chi connectivity index (χ1) is 18.4. The third kappa shape index (κ3) is 9.61. The van der Waals surface area contributed by atoms with E-state index in [1.165, 1.54) is 11.8 Å². The summed E-state index contributed by atoms with van der Waals surface area (Å²) in [6.07, 6.45) is 2.43. The fourth-order valence-electron chi connectivity index (χ4n) is 3.74. The van der Waals surface area contributed by atoms with E-state index in [1.54, 1.807) is 30.5 Å². The molecule has 0 radical (unpaired) electrons. The van der Waals surface area contributed by atoms with Crippen LogP contribution in [0.4, 0.5) is 0 Å². The maximum absolute atomic E-state index is 13.2. The van der Waals surface area contributed by atoms with Crippen LogP contribution in [-0.4, -0.2) is 81.8 Å². The van der Waals surface area contributed by atoms with E-state index in [4.69, 9.17) is 17.2 Å². The Morgan fingerprint density at radius 1 is 0.897 bits per heavy atom. The molecule has 2 rings (SSSR count). The zero-order valence-electron chi connectivity index (χ0n) is 21.3. The highest BCUT2D eigenvalue weighted by Gasteiger charge is 2.32. The maximum atomic E-state index is 13.2. The number of primary amides is 2. The molecule has 1 aromatic carbocycles. The van der Waals surface area contributed by atoms with E-state index in [0.717, 1.165) is 10.9 Å². The Labute approximate surface area is 228 Å². The van der Waals surface area contributed by atoms with E-state index in [0.29, 0.717) is 17.7 Å². The molecule has 0 spiro atoms. The van der Waals surface area contributed by atoms with Crippen LogP contribution in [0, 0.1) is 0 Å². The molecule has 14 nitrogen and oxygen atoms in total. The Kier molecular flexibility index (Phi) is 11.7. The van der Waals surface area contributed by atoms with Crippen LogP contribution in [0.3, 0.4) is 0 Å². The van der Waals surface area contributed by atoms with Crippen molar-refractivity contribution in [3.8, 4) is 0 Å². The number of rotatable bonds is 16. The predicted molar refractivity (Wildman–Crippen MR) is 144 cm³/mol. The Morgan fingerprint density at radius 2 is 1.46 bits per heavy atom. The number of carbonyl (C=O) groups excluding carboxylic acids is 5. The summed E-state index contributed by atoms with van der Waals surface area (Å²) in [5.41, 5.74) is 17.6. The Hall–Kier alpha value is -4.11. The van der Waals surface area contributed by atoms with Crippen molar-refractivity contribution in [2.24, 2.45) is 17.2 Å². The van der Waals surface area contributed by atoms with Gasteiger partial charge in [0.25, 0.3) is 0 Å². The van der Waals surface area contributed by atoms with Crippen molar-refractivity contribution in [3.63, 3.8) is 0 Å². The normalized spacial score (nSPS) is 14.0. The lowest BCUT2D eigenvalue weighted by molar-refractivity contribution is -0.143. The average molecular weight is 564 g/mol. The second kappa shape index (κ2) is 14.7. The molecule has 1 heterocycles. The monoisotopic (exact) mass is 563 g/mol. The van der Waals surface area contributed by atoms with E-state index in [2.05, 4.69) is 20.9 Å². The van der Waals surface area contributed by atoms with Gasteiger partial charge in [0.1, 0.15) is 18.1 Å². The number of para-hydroxylation sites is 1. The van der Waals surface area contributed by atoms with Gasteiger partial charge in [-0.3, -0.25) is 24.0 Å². The van der Waals surface area contributed by atoms with Crippen molar-refractivity contribution in [3.05, 3.63) is 36.0 Å². The molecule has 0 fully saturated rings. The fraction of sp³-hybridized carbons (Fsp3) is 0.417. The number of hydrogen-bond acceptors (Lipinski definition) is 8. The van der Waals surface area contributed by atoms with Crippen molar-refractivity contribution >= 4 is 58.2 Å². The molecule has 0 bridgehead atoms. The second-order valence-electron chi connectivity index (χ2n) is 8.81. The first-order valence-corrected chi connectivity index (χ1v) is 13.3. The lowest BCUT2D eigenvalue weighted by atomic mass is 10.0. The zero-order chi connectivity index (χ0) is 29.1. The molecule has 39 heavy (non-hydrogen) atoms. The summed E-state index contributed by atoms with van der Waals surface area (Å²) < 4.78 is 0. The topological polar surface area (TPSA) is 253 Å². The van der Waals surface area contributed by atoms with Crippen LogP contribution < -0.4 is 33.2 Å². The van der Waals surface area contributed by atoms with E-state index >= 15 is 0 Å². The van der Waals surface area contributed by atoms with Crippen LogP contribution in [0.1, 0.15) is 24.8 Å². The van der Waals surface area contributed by atoms with Gasteiger partial charge in [0.2, 0.25) is 29.5 Å². The van der Waals surface area contributed by atoms with Gasteiger partial charge in [-0.25, -0.2) is 4.79 Å². The number of aromatic amines is 1. The molecule has 5 amide bonds. The van der Waals surface area contributed by atoms with Gasteiger partial charge >= 0.3 is 5.97 Å². The number of benzene rings is 1. The number of carboxylic acid groups (broad SMARTS) is 1. The predicted octanol–water partition coefficient (Wildman–Crippen LogP) is -1.92. The minimum atomic E-state index is -1.65. The number of aromatic nitrogens is 1. The smallest absolute Gasteiger partial charge is 0.326 e. The number of carbonyl (C=O) groups is 6. The minimum absolute atomic E-state index is 0.102. The Morgan fingerprint density at radius 3 is 2.08 bits per heavy atom. The number of fused-ring (bicyclic) bond motifs is 1. The number of amides is 5. The quantitative estimate of drug-likeness (QED) is 0.113. The molecule has 212 valence electrons. The zero-order valence-corrected chi connectivity index (χ0v) is 22.1. The number of nitrogens with one attached hydrogen (secondary N) is 4. The summed E-state index contributed by atoms with van der Waals surface area (Å²) in [6, 6.07) is 1.76. The summed E-state index contributed by atoms with van der Waals surface area (Å²) in [6.45, 7) is 0. The third-order valence-electron chi connectivity index (χ3n) is 5.76. The molecule has 0 aliphatic heterocycles. The van der Waals surface area contributed by atoms with Gasteiger partial charge in [0.15, 0.2) is 0 Å². The number of aliphatic carboxylic acids is 1. The molecule has 0 saturated heterocycles. The lowest BCUT2D eigenvalue weighted by Crippen LogP contribution is -2.58. The molecule has 4 unspecified atom stereocenters. The molecule has 0 aliphatic carbocycles. The van der Waals surface area contributed by atoms with Crippen molar-refractivity contribution in [1.29, 1.82) is 0 Å². The maximum Gasteiger partial charge on any atom is 0.326 e. The minimum Gasteiger partial charge on any atom is -0.480 e. The fourth-order valence-corrected chi connectivity index (χ4v) is 4.23. The SMILES string of the molecule is CSCCC(N)C(=O)NC(CC(N)=O)C(=O)NC(Cc1c[nH]c2ccccc12)C(=O)NC(CC(N)=O)C(=O)O. The molecule has 15 heteroatoms. The molecule has 0 saturated carbocycles. The van der Waals surface area contributed by atoms with Crippen molar-refractivity contribution in [1.82, 2.24) is 20.9 Å². The Balaban J connectivity index is 2.32. The Bertz CT molecular complexity index is 1220. The molecular weight excluding hydrogens is 530 g/mol. The number of nitrogens with two attached hydrogens (primary N) is 3. The average Bonchev–Trinajstić information content (AvgIpc) is 3.28. The van der Waals surface area contributed by atoms with Gasteiger partial charge in [0.05, 0.1) is 18.9 Å². The molecule has 2 aromatic rings. The first kappa shape index (κ1) is 31.1. The summed E-state index contributed by atoms with van der Waals surface area (Å²) in [5.74, 6) is -5.29. The van der Waals surface area contributed by atoms with Crippen molar-refractivity contribution < 1.29 is 33.9 Å². The highest BCUT2D eigenvalue weighted by atomic mass is 32.2. The van der Waals surface area contributed by atoms with E-state index in [-0.39, 0.29) is 6.42 Å². The van der Waals surface area contributed by atoms with E-state index in [1.807, 2.05) is 6.26 Å². The van der Waals surface area contributed by atoms with Crippen LogP contribution in [0.15, 0.2) is 30.5 Å². The number of carboxylic acids is 1. The highest BCUT2D eigenvalue weighted by molar-refractivity contribution is 7.98. The number of thioether (sulfide) groups is 1. The van der Waals surface area contributed by atoms with Crippen LogP contribution in [0.2, 0.25) is 0 Å². The van der Waals surface area contributed by atoms with E-state index < -0.39 is 72.5 Å².